The van der Waals surface area contributed by atoms with Crippen LogP contribution in [0.4, 0.5) is 11.4 Å². The highest BCUT2D eigenvalue weighted by atomic mass is 15.5. The molecular weight excluding hydrogens is 338 g/mol. The molecular formula is C20H27N7. The van der Waals surface area contributed by atoms with E-state index in [1.807, 2.05) is 39.6 Å². The van der Waals surface area contributed by atoms with E-state index in [9.17, 15) is 0 Å². The van der Waals surface area contributed by atoms with Crippen molar-refractivity contribution in [2.24, 2.45) is 21.0 Å². The maximum Gasteiger partial charge on any atom is 0.173 e. The van der Waals surface area contributed by atoms with Gasteiger partial charge in [0.25, 0.3) is 0 Å². The number of anilines is 2. The summed E-state index contributed by atoms with van der Waals surface area (Å²) in [6.45, 7) is 5.11. The highest BCUT2D eigenvalue weighted by molar-refractivity contribution is 6.45. The smallest absolute Gasteiger partial charge is 0.173 e. The number of fused-ring (bicyclic) bond motifs is 1. The molecule has 1 N–H and O–H groups in total. The van der Waals surface area contributed by atoms with Crippen LogP contribution in [0.1, 0.15) is 13.8 Å². The molecule has 4 rings (SSSR count). The van der Waals surface area contributed by atoms with Crippen molar-refractivity contribution in [3.63, 3.8) is 0 Å². The minimum absolute atomic E-state index is 0.278. The first-order valence-corrected chi connectivity index (χ1v) is 9.35. The maximum absolute atomic E-state index is 4.83. The van der Waals surface area contributed by atoms with Gasteiger partial charge in [-0.1, -0.05) is 6.07 Å². The third kappa shape index (κ3) is 3.07. The molecule has 7 nitrogen and oxygen atoms in total. The molecule has 0 saturated carbocycles. The molecule has 27 heavy (non-hydrogen) atoms. The average molecular weight is 365 g/mol. The Balaban J connectivity index is 1.54. The van der Waals surface area contributed by atoms with Crippen LogP contribution in [0.3, 0.4) is 0 Å². The summed E-state index contributed by atoms with van der Waals surface area (Å²) in [6.07, 6.45) is 3.89. The van der Waals surface area contributed by atoms with Gasteiger partial charge in [-0.25, -0.2) is 4.99 Å². The van der Waals surface area contributed by atoms with Crippen molar-refractivity contribution < 1.29 is 0 Å². The highest BCUT2D eigenvalue weighted by Crippen LogP contribution is 2.31. The molecule has 0 fully saturated rings. The van der Waals surface area contributed by atoms with Crippen molar-refractivity contribution in [2.75, 3.05) is 37.9 Å². The number of nitrogens with one attached hydrogen (secondary N) is 1. The molecule has 3 aliphatic heterocycles. The predicted octanol–water partition coefficient (Wildman–Crippen LogP) is 2.46. The second-order valence-electron chi connectivity index (χ2n) is 7.57. The summed E-state index contributed by atoms with van der Waals surface area (Å²) in [5.74, 6) is 2.06. The number of hydrazone groups is 1. The van der Waals surface area contributed by atoms with E-state index in [1.165, 1.54) is 5.71 Å². The van der Waals surface area contributed by atoms with Gasteiger partial charge in [0.05, 0.1) is 18.6 Å². The summed E-state index contributed by atoms with van der Waals surface area (Å²) in [6, 6.07) is 8.94. The van der Waals surface area contributed by atoms with Crippen molar-refractivity contribution in [1.82, 2.24) is 9.91 Å². The van der Waals surface area contributed by atoms with Crippen LogP contribution in [-0.2, 0) is 0 Å². The summed E-state index contributed by atoms with van der Waals surface area (Å²) in [5, 5.41) is 10.2. The van der Waals surface area contributed by atoms with Crippen LogP contribution in [0.15, 0.2) is 51.8 Å². The molecule has 142 valence electrons. The molecule has 3 aliphatic rings. The summed E-state index contributed by atoms with van der Waals surface area (Å²) in [7, 11) is 6.12. The van der Waals surface area contributed by atoms with Gasteiger partial charge >= 0.3 is 0 Å². The fourth-order valence-corrected chi connectivity index (χ4v) is 4.08. The third-order valence-corrected chi connectivity index (χ3v) is 5.62. The van der Waals surface area contributed by atoms with Crippen molar-refractivity contribution in [2.45, 2.75) is 25.9 Å². The van der Waals surface area contributed by atoms with Gasteiger partial charge in [-0.2, -0.15) is 5.10 Å². The van der Waals surface area contributed by atoms with E-state index in [0.29, 0.717) is 12.0 Å². The van der Waals surface area contributed by atoms with E-state index >= 15 is 0 Å². The zero-order valence-corrected chi connectivity index (χ0v) is 16.6. The van der Waals surface area contributed by atoms with Crippen LogP contribution in [0.2, 0.25) is 0 Å². The van der Waals surface area contributed by atoms with E-state index in [2.05, 4.69) is 62.3 Å². The molecule has 1 aromatic rings. The molecule has 3 unspecified atom stereocenters. The van der Waals surface area contributed by atoms with Gasteiger partial charge < -0.3 is 15.1 Å². The number of hydrogen-bond donors (Lipinski definition) is 1. The Hall–Kier alpha value is -2.83. The first-order chi connectivity index (χ1) is 13.0. The monoisotopic (exact) mass is 365 g/mol. The molecule has 3 atom stereocenters. The molecule has 0 bridgehead atoms. The fourth-order valence-electron chi connectivity index (χ4n) is 4.08. The van der Waals surface area contributed by atoms with Crippen molar-refractivity contribution in [1.29, 1.82) is 0 Å². The quantitative estimate of drug-likeness (QED) is 0.894. The van der Waals surface area contributed by atoms with Crippen LogP contribution < -0.4 is 10.2 Å². The number of hydrogen-bond acceptors (Lipinski definition) is 7. The minimum atomic E-state index is 0.278. The van der Waals surface area contributed by atoms with Crippen LogP contribution in [0.25, 0.3) is 0 Å². The average Bonchev–Trinajstić information content (AvgIpc) is 3.16. The number of benzene rings is 1. The van der Waals surface area contributed by atoms with E-state index < -0.39 is 0 Å². The first-order valence-electron chi connectivity index (χ1n) is 9.35. The van der Waals surface area contributed by atoms with E-state index in [1.54, 1.807) is 0 Å². The molecule has 3 heterocycles. The Kier molecular flexibility index (Phi) is 4.37. The number of nitrogens with zero attached hydrogens (tertiary/aromatic N) is 6. The van der Waals surface area contributed by atoms with Crippen LogP contribution in [-0.4, -0.2) is 67.1 Å². The molecule has 1 aromatic carbocycles. The van der Waals surface area contributed by atoms with Gasteiger partial charge in [-0.3, -0.25) is 10.0 Å². The summed E-state index contributed by atoms with van der Waals surface area (Å²) in [4.78, 5) is 13.7. The van der Waals surface area contributed by atoms with Crippen molar-refractivity contribution in [3.05, 3.63) is 36.7 Å². The van der Waals surface area contributed by atoms with Crippen molar-refractivity contribution >= 4 is 28.8 Å². The van der Waals surface area contributed by atoms with E-state index in [4.69, 9.17) is 4.99 Å². The number of aliphatic imine (C=N–C) groups is 2. The highest BCUT2D eigenvalue weighted by Gasteiger charge is 2.43. The third-order valence-electron chi connectivity index (χ3n) is 5.62. The Labute approximate surface area is 160 Å². The van der Waals surface area contributed by atoms with Gasteiger partial charge in [0.2, 0.25) is 0 Å². The molecule has 0 amide bonds. The first kappa shape index (κ1) is 17.6. The Bertz CT molecular complexity index is 852. The van der Waals surface area contributed by atoms with E-state index in [-0.39, 0.29) is 6.04 Å². The standard InChI is InChI=1S/C20H27N7/c1-13-18(14(2)26(5)24-13)17-12-22-20-19(21-9-10-27(17)20)23-15-7-6-8-16(11-15)25(3)4/h6-11,14,17-18H,12H2,1-5H3,(H,21,23). The second-order valence-corrected chi connectivity index (χ2v) is 7.57. The molecule has 0 radical (unpaired) electrons. The van der Waals surface area contributed by atoms with Crippen LogP contribution >= 0.6 is 0 Å². The van der Waals surface area contributed by atoms with Crippen molar-refractivity contribution in [3.8, 4) is 0 Å². The molecule has 0 aromatic heterocycles. The van der Waals surface area contributed by atoms with Crippen LogP contribution in [0.5, 0.6) is 0 Å². The van der Waals surface area contributed by atoms with Gasteiger partial charge in [-0.15, -0.1) is 0 Å². The SMILES string of the molecule is CC1=NN(C)C(C)C1C1CN=C2C(Nc3cccc(N(C)C)c3)=NC=CN21. The van der Waals surface area contributed by atoms with Gasteiger partial charge in [0.1, 0.15) is 0 Å². The topological polar surface area (TPSA) is 58.8 Å². The summed E-state index contributed by atoms with van der Waals surface area (Å²) in [5.41, 5.74) is 3.33. The lowest BCUT2D eigenvalue weighted by molar-refractivity contribution is 0.221. The predicted molar refractivity (Wildman–Crippen MR) is 113 cm³/mol. The zero-order chi connectivity index (χ0) is 19.1. The Morgan fingerprint density at radius 3 is 2.78 bits per heavy atom. The Morgan fingerprint density at radius 1 is 1.26 bits per heavy atom. The molecule has 0 aliphatic carbocycles. The van der Waals surface area contributed by atoms with E-state index in [0.717, 1.165) is 29.6 Å². The maximum atomic E-state index is 4.83. The molecule has 0 spiro atoms. The number of amidine groups is 2. The van der Waals surface area contributed by atoms with Gasteiger partial charge in [-0.05, 0) is 32.0 Å². The normalized spacial score (nSPS) is 26.6. The number of rotatable bonds is 3. The van der Waals surface area contributed by atoms with Gasteiger partial charge in [0, 0.05) is 56.5 Å². The fraction of sp³-hybridized carbons (Fsp3) is 0.450. The largest absolute Gasteiger partial charge is 0.378 e. The van der Waals surface area contributed by atoms with Gasteiger partial charge in [0.15, 0.2) is 11.7 Å². The lowest BCUT2D eigenvalue weighted by Crippen LogP contribution is -2.48. The van der Waals surface area contributed by atoms with Crippen LogP contribution in [0, 0.1) is 5.92 Å². The minimum Gasteiger partial charge on any atom is -0.378 e. The summed E-state index contributed by atoms with van der Waals surface area (Å²) >= 11 is 0. The lowest BCUT2D eigenvalue weighted by Gasteiger charge is -2.33. The summed E-state index contributed by atoms with van der Waals surface area (Å²) < 4.78 is 0. The Morgan fingerprint density at radius 2 is 2.07 bits per heavy atom. The lowest BCUT2D eigenvalue weighted by atomic mass is 9.89. The molecule has 0 saturated heterocycles. The zero-order valence-electron chi connectivity index (χ0n) is 16.6. The molecule has 7 heteroatoms. The second kappa shape index (κ2) is 6.72.